The minimum atomic E-state index is -3.92. The van der Waals surface area contributed by atoms with Gasteiger partial charge in [-0.05, 0) is 13.8 Å². The van der Waals surface area contributed by atoms with Crippen molar-refractivity contribution in [1.29, 1.82) is 0 Å². The van der Waals surface area contributed by atoms with Crippen LogP contribution in [0.3, 0.4) is 0 Å². The molecular weight excluding hydrogens is 269 g/mol. The number of hydrogen-bond acceptors (Lipinski definition) is 6. The van der Waals surface area contributed by atoms with E-state index in [1.54, 1.807) is 13.8 Å². The SMILES string of the molecule is CCOP(=O)(OCC)[C@@](N)(O)c1ccc(C=O)cc1. The van der Waals surface area contributed by atoms with Crippen LogP contribution in [0, 0.1) is 0 Å². The summed E-state index contributed by atoms with van der Waals surface area (Å²) >= 11 is 0. The second kappa shape index (κ2) is 6.41. The Balaban J connectivity index is 3.17. The molecule has 1 aromatic carbocycles. The molecular formula is C12H18NO5P. The highest BCUT2D eigenvalue weighted by Gasteiger charge is 2.48. The van der Waals surface area contributed by atoms with Gasteiger partial charge in [-0.3, -0.25) is 15.1 Å². The van der Waals surface area contributed by atoms with Gasteiger partial charge >= 0.3 is 7.60 Å². The van der Waals surface area contributed by atoms with Gasteiger partial charge in [-0.15, -0.1) is 0 Å². The molecule has 0 fully saturated rings. The number of carbonyl (C=O) groups is 1. The van der Waals surface area contributed by atoms with Crippen LogP contribution < -0.4 is 5.73 Å². The number of hydrogen-bond donors (Lipinski definition) is 2. The second-order valence-electron chi connectivity index (χ2n) is 3.80. The third-order valence-corrected chi connectivity index (χ3v) is 4.78. The first-order valence-corrected chi connectivity index (χ1v) is 7.41. The first-order chi connectivity index (χ1) is 8.91. The Hall–Kier alpha value is -1.04. The molecule has 0 radical (unpaired) electrons. The van der Waals surface area contributed by atoms with E-state index in [4.69, 9.17) is 14.8 Å². The Kier molecular flexibility index (Phi) is 5.40. The molecule has 7 heteroatoms. The first kappa shape index (κ1) is 16.0. The molecule has 0 saturated heterocycles. The maximum absolute atomic E-state index is 12.5. The van der Waals surface area contributed by atoms with Crippen molar-refractivity contribution >= 4 is 13.9 Å². The topological polar surface area (TPSA) is 98.8 Å². The van der Waals surface area contributed by atoms with Crippen LogP contribution in [0.25, 0.3) is 0 Å². The van der Waals surface area contributed by atoms with Gasteiger partial charge in [0, 0.05) is 11.1 Å². The highest BCUT2D eigenvalue weighted by Crippen LogP contribution is 2.60. The van der Waals surface area contributed by atoms with Crippen LogP contribution in [0.15, 0.2) is 24.3 Å². The summed E-state index contributed by atoms with van der Waals surface area (Å²) in [6, 6.07) is 5.74. The van der Waals surface area contributed by atoms with Crippen molar-refractivity contribution < 1.29 is 23.5 Å². The molecule has 0 saturated carbocycles. The Bertz CT molecular complexity index is 462. The zero-order chi connectivity index (χ0) is 14.5. The fourth-order valence-corrected chi connectivity index (χ4v) is 3.15. The van der Waals surface area contributed by atoms with E-state index in [0.717, 1.165) is 0 Å². The monoisotopic (exact) mass is 287 g/mol. The zero-order valence-corrected chi connectivity index (χ0v) is 11.8. The minimum Gasteiger partial charge on any atom is -0.362 e. The number of aldehydes is 1. The summed E-state index contributed by atoms with van der Waals surface area (Å²) in [7, 11) is -3.92. The van der Waals surface area contributed by atoms with Gasteiger partial charge in [0.2, 0.25) is 5.47 Å². The average molecular weight is 287 g/mol. The van der Waals surface area contributed by atoms with Crippen molar-refractivity contribution in [3.8, 4) is 0 Å². The molecule has 0 aromatic heterocycles. The van der Waals surface area contributed by atoms with Crippen LogP contribution in [0.1, 0.15) is 29.8 Å². The van der Waals surface area contributed by atoms with E-state index in [9.17, 15) is 14.5 Å². The number of carbonyl (C=O) groups excluding carboxylic acids is 1. The van der Waals surface area contributed by atoms with E-state index in [0.29, 0.717) is 11.8 Å². The lowest BCUT2D eigenvalue weighted by Crippen LogP contribution is -2.37. The van der Waals surface area contributed by atoms with Crippen LogP contribution in [0.2, 0.25) is 0 Å². The van der Waals surface area contributed by atoms with Gasteiger partial charge in [0.15, 0.2) is 0 Å². The Morgan fingerprint density at radius 2 is 1.74 bits per heavy atom. The minimum absolute atomic E-state index is 0.0865. The maximum atomic E-state index is 12.5. The molecule has 0 spiro atoms. The average Bonchev–Trinajstić information content (AvgIpc) is 2.39. The molecule has 0 aliphatic heterocycles. The van der Waals surface area contributed by atoms with E-state index >= 15 is 0 Å². The number of benzene rings is 1. The molecule has 0 amide bonds. The van der Waals surface area contributed by atoms with Gasteiger partial charge in [-0.2, -0.15) is 0 Å². The smallest absolute Gasteiger partial charge is 0.362 e. The van der Waals surface area contributed by atoms with Crippen LogP contribution in [0.5, 0.6) is 0 Å². The zero-order valence-electron chi connectivity index (χ0n) is 10.9. The molecule has 0 aliphatic carbocycles. The molecule has 0 unspecified atom stereocenters. The third-order valence-electron chi connectivity index (χ3n) is 2.49. The Morgan fingerprint density at radius 3 is 2.11 bits per heavy atom. The van der Waals surface area contributed by atoms with Crippen molar-refractivity contribution in [2.24, 2.45) is 5.73 Å². The predicted octanol–water partition coefficient (Wildman–Crippen LogP) is 1.83. The molecule has 1 aromatic rings. The molecule has 19 heavy (non-hydrogen) atoms. The highest BCUT2D eigenvalue weighted by molar-refractivity contribution is 7.54. The Morgan fingerprint density at radius 1 is 1.26 bits per heavy atom. The molecule has 106 valence electrons. The molecule has 0 bridgehead atoms. The highest BCUT2D eigenvalue weighted by atomic mass is 31.2. The molecule has 1 rings (SSSR count). The summed E-state index contributed by atoms with van der Waals surface area (Å²) in [5, 5.41) is 10.3. The first-order valence-electron chi connectivity index (χ1n) is 5.87. The lowest BCUT2D eigenvalue weighted by atomic mass is 10.1. The van der Waals surface area contributed by atoms with Gasteiger partial charge in [0.25, 0.3) is 0 Å². The van der Waals surface area contributed by atoms with Crippen molar-refractivity contribution in [3.05, 3.63) is 35.4 Å². The summed E-state index contributed by atoms with van der Waals surface area (Å²) in [6.45, 7) is 3.42. The van der Waals surface area contributed by atoms with Crippen molar-refractivity contribution in [2.75, 3.05) is 13.2 Å². The lowest BCUT2D eigenvalue weighted by molar-refractivity contribution is 0.0705. The Labute approximate surface area is 112 Å². The van der Waals surface area contributed by atoms with Crippen molar-refractivity contribution in [2.45, 2.75) is 19.3 Å². The van der Waals surface area contributed by atoms with Crippen LogP contribution in [-0.4, -0.2) is 24.6 Å². The third kappa shape index (κ3) is 3.29. The van der Waals surface area contributed by atoms with Crippen molar-refractivity contribution in [1.82, 2.24) is 0 Å². The summed E-state index contributed by atoms with van der Waals surface area (Å²) < 4.78 is 22.6. The predicted molar refractivity (Wildman–Crippen MR) is 70.8 cm³/mol. The van der Waals surface area contributed by atoms with E-state index in [1.165, 1.54) is 24.3 Å². The van der Waals surface area contributed by atoms with Crippen LogP contribution >= 0.6 is 7.60 Å². The summed E-state index contributed by atoms with van der Waals surface area (Å²) in [4.78, 5) is 10.6. The van der Waals surface area contributed by atoms with Gasteiger partial charge in [-0.25, -0.2) is 0 Å². The maximum Gasteiger partial charge on any atom is 0.381 e. The summed E-state index contributed by atoms with van der Waals surface area (Å²) in [5.41, 5.74) is 4.05. The molecule has 1 atom stereocenters. The van der Waals surface area contributed by atoms with E-state index in [1.807, 2.05) is 0 Å². The fourth-order valence-electron chi connectivity index (χ4n) is 1.54. The molecule has 6 nitrogen and oxygen atoms in total. The largest absolute Gasteiger partial charge is 0.381 e. The van der Waals surface area contributed by atoms with Gasteiger partial charge in [0.1, 0.15) is 6.29 Å². The fraction of sp³-hybridized carbons (Fsp3) is 0.417. The number of aliphatic hydroxyl groups is 1. The van der Waals surface area contributed by atoms with Crippen molar-refractivity contribution in [3.63, 3.8) is 0 Å². The normalized spacial score (nSPS) is 14.9. The quantitative estimate of drug-likeness (QED) is 0.451. The summed E-state index contributed by atoms with van der Waals surface area (Å²) in [6.07, 6.45) is 0.657. The van der Waals surface area contributed by atoms with E-state index in [-0.39, 0.29) is 18.8 Å². The van der Waals surface area contributed by atoms with E-state index < -0.39 is 13.1 Å². The van der Waals surface area contributed by atoms with E-state index in [2.05, 4.69) is 0 Å². The van der Waals surface area contributed by atoms with Gasteiger partial charge < -0.3 is 14.2 Å². The number of rotatable bonds is 7. The standard InChI is InChI=1S/C12H18NO5P/c1-3-17-19(16,18-4-2)12(13,15)11-7-5-10(9-14)6-8-11/h5-9,15H,3-4,13H2,1-2H3/t12-/m0/s1. The van der Waals surface area contributed by atoms with Crippen LogP contribution in [-0.2, 0) is 19.1 Å². The van der Waals surface area contributed by atoms with Gasteiger partial charge in [0.05, 0.1) is 13.2 Å². The molecule has 0 aliphatic rings. The van der Waals surface area contributed by atoms with Gasteiger partial charge in [-0.1, -0.05) is 24.3 Å². The number of nitrogens with two attached hydrogens (primary N) is 1. The van der Waals surface area contributed by atoms with Crippen LogP contribution in [0.4, 0.5) is 0 Å². The summed E-state index contributed by atoms with van der Waals surface area (Å²) in [5.74, 6) is 0. The lowest BCUT2D eigenvalue weighted by Gasteiger charge is -2.31. The molecule has 0 heterocycles. The second-order valence-corrected chi connectivity index (χ2v) is 5.99. The molecule has 3 N–H and O–H groups in total.